The molecule has 0 spiro atoms. The van der Waals surface area contributed by atoms with Gasteiger partial charge in [0.05, 0.1) is 6.61 Å². The van der Waals surface area contributed by atoms with Crippen LogP contribution in [0.3, 0.4) is 0 Å². The first-order valence-corrected chi connectivity index (χ1v) is 8.55. The highest BCUT2D eigenvalue weighted by atomic mass is 32.2. The highest BCUT2D eigenvalue weighted by molar-refractivity contribution is 7.99. The molecule has 0 aliphatic carbocycles. The van der Waals surface area contributed by atoms with Crippen LogP contribution in [-0.2, 0) is 0 Å². The van der Waals surface area contributed by atoms with Crippen molar-refractivity contribution in [2.24, 2.45) is 0 Å². The van der Waals surface area contributed by atoms with Crippen molar-refractivity contribution in [3.63, 3.8) is 0 Å². The zero-order valence-corrected chi connectivity index (χ0v) is 14.0. The van der Waals surface area contributed by atoms with Gasteiger partial charge < -0.3 is 4.74 Å². The number of aromatic amines is 1. The maximum atomic E-state index is 13.4. The van der Waals surface area contributed by atoms with E-state index in [1.165, 1.54) is 30.0 Å². The van der Waals surface area contributed by atoms with Crippen molar-refractivity contribution in [2.45, 2.75) is 5.16 Å². The van der Waals surface area contributed by atoms with E-state index in [1.807, 2.05) is 6.08 Å². The van der Waals surface area contributed by atoms with E-state index in [-0.39, 0.29) is 17.4 Å². The van der Waals surface area contributed by atoms with Crippen LogP contribution in [0.2, 0.25) is 0 Å². The fraction of sp³-hybridized carbons (Fsp3) is 0.111. The summed E-state index contributed by atoms with van der Waals surface area (Å²) < 4.78 is 31.6. The smallest absolute Gasteiger partial charge is 0.208 e. The van der Waals surface area contributed by atoms with Gasteiger partial charge in [-0.1, -0.05) is 42.1 Å². The Balaban J connectivity index is 1.47. The van der Waals surface area contributed by atoms with Crippen molar-refractivity contribution in [1.29, 1.82) is 0 Å². The minimum Gasteiger partial charge on any atom is -0.490 e. The summed E-state index contributed by atoms with van der Waals surface area (Å²) >= 11 is 1.41. The van der Waals surface area contributed by atoms with E-state index in [2.05, 4.69) is 15.2 Å². The number of nitrogens with zero attached hydrogens (tertiary/aromatic N) is 2. The molecular weight excluding hydrogens is 344 g/mol. The molecule has 1 heterocycles. The summed E-state index contributed by atoms with van der Waals surface area (Å²) in [5.41, 5.74) is 0.866. The molecule has 0 aliphatic rings. The van der Waals surface area contributed by atoms with Crippen molar-refractivity contribution in [2.75, 3.05) is 12.4 Å². The van der Waals surface area contributed by atoms with Crippen LogP contribution in [-0.4, -0.2) is 27.5 Å². The minimum atomic E-state index is -0.376. The number of nitrogens with one attached hydrogen (secondary N) is 1. The quantitative estimate of drug-likeness (QED) is 0.501. The number of rotatable bonds is 7. The molecule has 0 fully saturated rings. The molecule has 0 bridgehead atoms. The summed E-state index contributed by atoms with van der Waals surface area (Å²) in [5.74, 6) is 0.780. The molecule has 1 N–H and O–H groups in total. The zero-order chi connectivity index (χ0) is 17.5. The Morgan fingerprint density at radius 3 is 2.64 bits per heavy atom. The highest BCUT2D eigenvalue weighted by Gasteiger charge is 2.04. The third-order valence-electron chi connectivity index (χ3n) is 3.19. The third kappa shape index (κ3) is 5.15. The van der Waals surface area contributed by atoms with Crippen LogP contribution in [0.25, 0.3) is 12.2 Å². The second-order valence-electron chi connectivity index (χ2n) is 5.02. The second kappa shape index (κ2) is 8.43. The van der Waals surface area contributed by atoms with Gasteiger partial charge in [-0.25, -0.2) is 13.8 Å². The summed E-state index contributed by atoms with van der Waals surface area (Å²) in [4.78, 5) is 4.31. The average molecular weight is 359 g/mol. The van der Waals surface area contributed by atoms with Gasteiger partial charge in [0.15, 0.2) is 11.6 Å². The van der Waals surface area contributed by atoms with Crippen LogP contribution in [0.15, 0.2) is 53.7 Å². The molecule has 0 saturated heterocycles. The average Bonchev–Trinajstić information content (AvgIpc) is 3.07. The predicted octanol–water partition coefficient (Wildman–Crippen LogP) is 4.42. The largest absolute Gasteiger partial charge is 0.490 e. The van der Waals surface area contributed by atoms with Crippen LogP contribution < -0.4 is 4.74 Å². The molecule has 25 heavy (non-hydrogen) atoms. The van der Waals surface area contributed by atoms with Crippen molar-refractivity contribution in [1.82, 2.24) is 15.2 Å². The Morgan fingerprint density at radius 2 is 1.84 bits per heavy atom. The van der Waals surface area contributed by atoms with E-state index in [0.717, 1.165) is 5.56 Å². The molecule has 0 saturated carbocycles. The SMILES string of the molecule is Fc1ccc(/C=C/c2nc(SCCOc3ccccc3F)n[nH]2)cc1. The lowest BCUT2D eigenvalue weighted by Gasteiger charge is -2.05. The molecule has 7 heteroatoms. The van der Waals surface area contributed by atoms with Crippen molar-refractivity contribution >= 4 is 23.9 Å². The van der Waals surface area contributed by atoms with Gasteiger partial charge >= 0.3 is 0 Å². The normalized spacial score (nSPS) is 11.1. The maximum Gasteiger partial charge on any atom is 0.208 e. The van der Waals surface area contributed by atoms with E-state index in [1.54, 1.807) is 36.4 Å². The van der Waals surface area contributed by atoms with Crippen LogP contribution in [0.4, 0.5) is 8.78 Å². The summed E-state index contributed by atoms with van der Waals surface area (Å²) in [6.07, 6.45) is 3.58. The lowest BCUT2D eigenvalue weighted by Crippen LogP contribution is -2.01. The standard InChI is InChI=1S/C18H15F2N3OS/c19-14-8-5-13(6-9-14)7-10-17-21-18(23-22-17)25-12-11-24-16-4-2-1-3-15(16)20/h1-10H,11-12H2,(H,21,22,23)/b10-7+. The van der Waals surface area contributed by atoms with E-state index in [9.17, 15) is 8.78 Å². The van der Waals surface area contributed by atoms with E-state index < -0.39 is 0 Å². The van der Waals surface area contributed by atoms with Gasteiger partial charge in [-0.15, -0.1) is 5.10 Å². The number of para-hydroxylation sites is 1. The fourth-order valence-corrected chi connectivity index (χ4v) is 2.61. The molecule has 3 rings (SSSR count). The Morgan fingerprint density at radius 1 is 1.04 bits per heavy atom. The molecule has 0 amide bonds. The summed E-state index contributed by atoms with van der Waals surface area (Å²) in [6, 6.07) is 12.4. The van der Waals surface area contributed by atoms with Gasteiger partial charge in [0, 0.05) is 5.75 Å². The second-order valence-corrected chi connectivity index (χ2v) is 6.08. The minimum absolute atomic E-state index is 0.237. The maximum absolute atomic E-state index is 13.4. The highest BCUT2D eigenvalue weighted by Crippen LogP contribution is 2.17. The molecule has 1 aromatic heterocycles. The van der Waals surface area contributed by atoms with Gasteiger partial charge in [-0.2, -0.15) is 0 Å². The van der Waals surface area contributed by atoms with Crippen LogP contribution in [0, 0.1) is 11.6 Å². The van der Waals surface area contributed by atoms with Gasteiger partial charge in [0.2, 0.25) is 5.16 Å². The lowest BCUT2D eigenvalue weighted by atomic mass is 10.2. The Labute approximate surface area is 148 Å². The molecular formula is C18H15F2N3OS. The predicted molar refractivity (Wildman–Crippen MR) is 94.3 cm³/mol. The molecule has 128 valence electrons. The van der Waals surface area contributed by atoms with Crippen molar-refractivity contribution in [3.8, 4) is 5.75 Å². The number of hydrogen-bond donors (Lipinski definition) is 1. The Bertz CT molecular complexity index is 850. The number of aromatic nitrogens is 3. The molecule has 0 atom stereocenters. The number of halogens is 2. The fourth-order valence-electron chi connectivity index (χ4n) is 1.99. The number of thioether (sulfide) groups is 1. The van der Waals surface area contributed by atoms with Gasteiger partial charge in [0.1, 0.15) is 11.6 Å². The molecule has 2 aromatic carbocycles. The number of H-pyrrole nitrogens is 1. The molecule has 4 nitrogen and oxygen atoms in total. The van der Waals surface area contributed by atoms with Crippen molar-refractivity contribution in [3.05, 3.63) is 71.6 Å². The van der Waals surface area contributed by atoms with E-state index in [0.29, 0.717) is 23.3 Å². The molecule has 0 aliphatic heterocycles. The monoisotopic (exact) mass is 359 g/mol. The zero-order valence-electron chi connectivity index (χ0n) is 13.2. The van der Waals surface area contributed by atoms with E-state index in [4.69, 9.17) is 4.74 Å². The first-order chi connectivity index (χ1) is 12.2. The first-order valence-electron chi connectivity index (χ1n) is 7.57. The first kappa shape index (κ1) is 17.2. The number of hydrogen-bond acceptors (Lipinski definition) is 4. The van der Waals surface area contributed by atoms with E-state index >= 15 is 0 Å². The van der Waals surface area contributed by atoms with Gasteiger partial charge in [-0.05, 0) is 35.9 Å². The molecule has 3 aromatic rings. The van der Waals surface area contributed by atoms with Crippen LogP contribution >= 0.6 is 11.8 Å². The topological polar surface area (TPSA) is 50.8 Å². The van der Waals surface area contributed by atoms with Crippen LogP contribution in [0.5, 0.6) is 5.75 Å². The Hall–Kier alpha value is -2.67. The van der Waals surface area contributed by atoms with Gasteiger partial charge in [-0.3, -0.25) is 5.10 Å². The lowest BCUT2D eigenvalue weighted by molar-refractivity contribution is 0.325. The van der Waals surface area contributed by atoms with Crippen molar-refractivity contribution < 1.29 is 13.5 Å². The van der Waals surface area contributed by atoms with Crippen LogP contribution in [0.1, 0.15) is 11.4 Å². The third-order valence-corrected chi connectivity index (χ3v) is 4.01. The summed E-state index contributed by atoms with van der Waals surface area (Å²) in [6.45, 7) is 0.348. The number of benzene rings is 2. The molecule has 0 radical (unpaired) electrons. The summed E-state index contributed by atoms with van der Waals surface area (Å²) in [7, 11) is 0. The van der Waals surface area contributed by atoms with Gasteiger partial charge in [0.25, 0.3) is 0 Å². The number of ether oxygens (including phenoxy) is 1. The molecule has 0 unspecified atom stereocenters. The Kier molecular flexibility index (Phi) is 5.79. The summed E-state index contributed by atoms with van der Waals surface area (Å²) in [5, 5.41) is 7.48.